The summed E-state index contributed by atoms with van der Waals surface area (Å²) in [6.07, 6.45) is 4.24. The molecule has 0 aliphatic rings. The van der Waals surface area contributed by atoms with Gasteiger partial charge in [-0.25, -0.2) is 4.79 Å². The second kappa shape index (κ2) is 27.7. The molecule has 0 bridgehead atoms. The molecule has 55 heavy (non-hydrogen) atoms. The summed E-state index contributed by atoms with van der Waals surface area (Å²) in [5, 5.41) is 32.7. The average Bonchev–Trinajstić information content (AvgIpc) is 3.14. The molecule has 0 radical (unpaired) electrons. The lowest BCUT2D eigenvalue weighted by atomic mass is 10.0. The lowest BCUT2D eigenvalue weighted by Crippen LogP contribution is -2.59. The largest absolute Gasteiger partial charge is 0.480 e. The number of nitrogens with two attached hydrogens (primary N) is 5. The third-order valence-electron chi connectivity index (χ3n) is 8.73. The van der Waals surface area contributed by atoms with E-state index in [4.69, 9.17) is 34.1 Å². The number of amides is 5. The standard InChI is InChI=1S/C36H64N12O7/c1-23(30(49)48-29(35(54)55)16-7-10-20-39)44-32(51)28(17-11-21-43-36(41)42)47-34(53)27(15-6-9-19-38)46-33(52)26(14-5-8-18-37)45-31(50)25(40)22-24-12-3-2-4-13-24/h2-4,12-13,23,25-29H,5-11,14-22,37-40H2,1H3,(H,44,51)(H,45,50)(H,46,52)(H,47,53)(H,48,49)(H,54,55)(H4,41,42,43)/t23-,25-,26-,27-,28-,29-/m0/s1. The Kier molecular flexibility index (Phi) is 24.3. The van der Waals surface area contributed by atoms with Gasteiger partial charge in [-0.2, -0.15) is 0 Å². The molecule has 18 N–H and O–H groups in total. The molecule has 19 nitrogen and oxygen atoms in total. The number of rotatable bonds is 29. The van der Waals surface area contributed by atoms with Crippen LogP contribution in [0.25, 0.3) is 0 Å². The van der Waals surface area contributed by atoms with Gasteiger partial charge in [0.05, 0.1) is 6.04 Å². The minimum absolute atomic E-state index is 0.0452. The number of carbonyl (C=O) groups is 6. The molecule has 0 aromatic heterocycles. The average molecular weight is 777 g/mol. The number of benzene rings is 1. The Morgan fingerprint density at radius 2 is 1.04 bits per heavy atom. The molecule has 19 heteroatoms. The van der Waals surface area contributed by atoms with Crippen LogP contribution in [0.2, 0.25) is 0 Å². The van der Waals surface area contributed by atoms with E-state index >= 15 is 0 Å². The summed E-state index contributed by atoms with van der Waals surface area (Å²) in [5.74, 6) is -4.85. The highest BCUT2D eigenvalue weighted by molar-refractivity contribution is 5.96. The Balaban J connectivity index is 3.18. The van der Waals surface area contributed by atoms with Crippen LogP contribution in [0.15, 0.2) is 30.3 Å². The van der Waals surface area contributed by atoms with E-state index in [1.165, 1.54) is 6.92 Å². The maximum atomic E-state index is 13.8. The van der Waals surface area contributed by atoms with Gasteiger partial charge in [0, 0.05) is 6.54 Å². The van der Waals surface area contributed by atoms with E-state index in [1.807, 2.05) is 30.3 Å². The number of unbranched alkanes of at least 4 members (excludes halogenated alkanes) is 3. The summed E-state index contributed by atoms with van der Waals surface area (Å²) in [6, 6.07) is 2.50. The molecule has 1 aromatic carbocycles. The normalized spacial score (nSPS) is 14.2. The zero-order chi connectivity index (χ0) is 41.2. The number of hydrogen-bond acceptors (Lipinski definition) is 11. The SMILES string of the molecule is C[C@H](NC(=O)[C@H](CCCNC(=N)N)NC(=O)[C@H](CCCCN)NC(=O)[C@H](CCCCN)NC(=O)[C@@H](N)Cc1ccccc1)C(=O)N[C@@H](CCCCN)C(=O)O. The van der Waals surface area contributed by atoms with Gasteiger partial charge < -0.3 is 65.7 Å². The van der Waals surface area contributed by atoms with Gasteiger partial charge >= 0.3 is 5.97 Å². The molecule has 6 atom stereocenters. The van der Waals surface area contributed by atoms with Crippen LogP contribution >= 0.6 is 0 Å². The molecule has 1 rings (SSSR count). The van der Waals surface area contributed by atoms with Crippen molar-refractivity contribution in [1.82, 2.24) is 31.9 Å². The van der Waals surface area contributed by atoms with Crippen LogP contribution in [-0.4, -0.2) is 109 Å². The maximum Gasteiger partial charge on any atom is 0.326 e. The van der Waals surface area contributed by atoms with Crippen molar-refractivity contribution in [3.8, 4) is 0 Å². The smallest absolute Gasteiger partial charge is 0.326 e. The van der Waals surface area contributed by atoms with Gasteiger partial charge in [0.15, 0.2) is 5.96 Å². The number of guanidine groups is 1. The summed E-state index contributed by atoms with van der Waals surface area (Å²) in [6.45, 7) is 2.66. The maximum absolute atomic E-state index is 13.8. The van der Waals surface area contributed by atoms with Crippen LogP contribution in [0.4, 0.5) is 0 Å². The Morgan fingerprint density at radius 1 is 0.618 bits per heavy atom. The Hall–Kier alpha value is -4.85. The fourth-order valence-electron chi connectivity index (χ4n) is 5.53. The van der Waals surface area contributed by atoms with E-state index in [0.29, 0.717) is 58.2 Å². The molecule has 310 valence electrons. The van der Waals surface area contributed by atoms with Gasteiger partial charge in [0.1, 0.15) is 30.2 Å². The fourth-order valence-corrected chi connectivity index (χ4v) is 5.53. The molecule has 5 amide bonds. The molecule has 1 aromatic rings. The number of carboxylic acids is 1. The van der Waals surface area contributed by atoms with Gasteiger partial charge in [-0.05, 0) is 109 Å². The van der Waals surface area contributed by atoms with Crippen LogP contribution in [0.1, 0.15) is 83.1 Å². The van der Waals surface area contributed by atoms with Crippen molar-refractivity contribution in [3.63, 3.8) is 0 Å². The third-order valence-corrected chi connectivity index (χ3v) is 8.73. The Morgan fingerprint density at radius 3 is 1.49 bits per heavy atom. The highest BCUT2D eigenvalue weighted by atomic mass is 16.4. The van der Waals surface area contributed by atoms with E-state index in [0.717, 1.165) is 5.56 Å². The van der Waals surface area contributed by atoms with Crippen molar-refractivity contribution >= 4 is 41.5 Å². The molecular formula is C36H64N12O7. The minimum atomic E-state index is -1.23. The van der Waals surface area contributed by atoms with Crippen LogP contribution in [0.3, 0.4) is 0 Å². The Bertz CT molecular complexity index is 1350. The van der Waals surface area contributed by atoms with Crippen molar-refractivity contribution in [1.29, 1.82) is 5.41 Å². The van der Waals surface area contributed by atoms with Gasteiger partial charge in [0.2, 0.25) is 29.5 Å². The summed E-state index contributed by atoms with van der Waals surface area (Å²) < 4.78 is 0. The minimum Gasteiger partial charge on any atom is -0.480 e. The summed E-state index contributed by atoms with van der Waals surface area (Å²) in [5.41, 5.74) is 29.3. The van der Waals surface area contributed by atoms with E-state index < -0.39 is 71.8 Å². The number of carboxylic acid groups (broad SMARTS) is 1. The quantitative estimate of drug-likeness (QED) is 0.0232. The van der Waals surface area contributed by atoms with Gasteiger partial charge in [0.25, 0.3) is 0 Å². The zero-order valence-corrected chi connectivity index (χ0v) is 31.9. The first-order valence-corrected chi connectivity index (χ1v) is 19.0. The van der Waals surface area contributed by atoms with Crippen molar-refractivity contribution in [2.75, 3.05) is 26.2 Å². The van der Waals surface area contributed by atoms with Gasteiger partial charge in [-0.15, -0.1) is 0 Å². The molecule has 0 saturated heterocycles. The van der Waals surface area contributed by atoms with E-state index in [9.17, 15) is 33.9 Å². The van der Waals surface area contributed by atoms with Crippen molar-refractivity contribution in [3.05, 3.63) is 35.9 Å². The summed E-state index contributed by atoms with van der Waals surface area (Å²) in [4.78, 5) is 78.8. The molecule has 0 heterocycles. The van der Waals surface area contributed by atoms with Gasteiger partial charge in [-0.3, -0.25) is 29.4 Å². The third kappa shape index (κ3) is 20.4. The molecule has 0 saturated carbocycles. The lowest BCUT2D eigenvalue weighted by Gasteiger charge is -2.27. The van der Waals surface area contributed by atoms with E-state index in [1.54, 1.807) is 0 Å². The van der Waals surface area contributed by atoms with Crippen LogP contribution in [-0.2, 0) is 35.2 Å². The molecular weight excluding hydrogens is 712 g/mol. The number of carbonyl (C=O) groups excluding carboxylic acids is 5. The molecule has 0 aliphatic heterocycles. The van der Waals surface area contributed by atoms with Crippen molar-refractivity contribution in [2.45, 2.75) is 120 Å². The number of aliphatic carboxylic acids is 1. The van der Waals surface area contributed by atoms with Gasteiger partial charge in [-0.1, -0.05) is 30.3 Å². The second-order valence-electron chi connectivity index (χ2n) is 13.4. The lowest BCUT2D eigenvalue weighted by molar-refractivity contribution is -0.142. The first-order valence-electron chi connectivity index (χ1n) is 19.0. The molecule has 0 unspecified atom stereocenters. The molecule has 0 spiro atoms. The number of nitrogens with one attached hydrogen (secondary N) is 7. The number of hydrogen-bond donors (Lipinski definition) is 13. The Labute approximate surface area is 323 Å². The predicted octanol–water partition coefficient (Wildman–Crippen LogP) is -2.26. The van der Waals surface area contributed by atoms with Crippen molar-refractivity contribution < 1.29 is 33.9 Å². The first kappa shape index (κ1) is 48.2. The summed E-state index contributed by atoms with van der Waals surface area (Å²) >= 11 is 0. The van der Waals surface area contributed by atoms with E-state index in [-0.39, 0.29) is 51.0 Å². The first-order chi connectivity index (χ1) is 26.2. The van der Waals surface area contributed by atoms with E-state index in [2.05, 4.69) is 31.9 Å². The topological polar surface area (TPSA) is 349 Å². The predicted molar refractivity (Wildman–Crippen MR) is 209 cm³/mol. The zero-order valence-electron chi connectivity index (χ0n) is 31.9. The van der Waals surface area contributed by atoms with Crippen LogP contribution in [0.5, 0.6) is 0 Å². The fraction of sp³-hybridized carbons (Fsp3) is 0.639. The second-order valence-corrected chi connectivity index (χ2v) is 13.4. The molecule has 0 aliphatic carbocycles. The van der Waals surface area contributed by atoms with Crippen LogP contribution < -0.4 is 60.6 Å². The monoisotopic (exact) mass is 777 g/mol. The van der Waals surface area contributed by atoms with Crippen molar-refractivity contribution in [2.24, 2.45) is 28.7 Å². The van der Waals surface area contributed by atoms with Crippen LogP contribution in [0, 0.1) is 5.41 Å². The highest BCUT2D eigenvalue weighted by Gasteiger charge is 2.31. The molecule has 0 fully saturated rings. The highest BCUT2D eigenvalue weighted by Crippen LogP contribution is 2.09. The summed E-state index contributed by atoms with van der Waals surface area (Å²) in [7, 11) is 0.